The summed E-state index contributed by atoms with van der Waals surface area (Å²) < 4.78 is 39.4. The van der Waals surface area contributed by atoms with E-state index in [1.54, 1.807) is 42.6 Å². The van der Waals surface area contributed by atoms with Crippen molar-refractivity contribution in [1.29, 1.82) is 0 Å². The van der Waals surface area contributed by atoms with Gasteiger partial charge in [-0.2, -0.15) is 13.2 Å². The van der Waals surface area contributed by atoms with Gasteiger partial charge in [-0.25, -0.2) is 4.79 Å². The van der Waals surface area contributed by atoms with Crippen LogP contribution in [-0.4, -0.2) is 23.2 Å². The second-order valence-electron chi connectivity index (χ2n) is 5.38. The zero-order valence-corrected chi connectivity index (χ0v) is 13.1. The van der Waals surface area contributed by atoms with E-state index in [0.29, 0.717) is 11.3 Å². The minimum Gasteiger partial charge on any atom is -0.332 e. The number of aryl methyl sites for hydroxylation is 1. The first-order chi connectivity index (χ1) is 11.4. The quantitative estimate of drug-likeness (QED) is 0.879. The van der Waals surface area contributed by atoms with Crippen molar-refractivity contribution in [3.8, 4) is 0 Å². The number of aromatic nitrogens is 1. The van der Waals surface area contributed by atoms with E-state index < -0.39 is 18.2 Å². The van der Waals surface area contributed by atoms with Gasteiger partial charge in [0, 0.05) is 12.6 Å². The van der Waals surface area contributed by atoms with Crippen LogP contribution >= 0.6 is 0 Å². The van der Waals surface area contributed by atoms with Gasteiger partial charge in [-0.15, -0.1) is 0 Å². The molecule has 1 aromatic heterocycles. The highest BCUT2D eigenvalue weighted by molar-refractivity contribution is 5.74. The molecule has 0 aliphatic heterocycles. The summed E-state index contributed by atoms with van der Waals surface area (Å²) >= 11 is 0. The minimum atomic E-state index is -4.53. The number of benzene rings is 1. The smallest absolute Gasteiger partial charge is 0.332 e. The second kappa shape index (κ2) is 7.81. The van der Waals surface area contributed by atoms with Gasteiger partial charge in [-0.1, -0.05) is 36.4 Å². The van der Waals surface area contributed by atoms with Gasteiger partial charge in [0.2, 0.25) is 0 Å². The fourth-order valence-corrected chi connectivity index (χ4v) is 2.18. The lowest BCUT2D eigenvalue weighted by Crippen LogP contribution is -2.50. The summed E-state index contributed by atoms with van der Waals surface area (Å²) in [6.07, 6.45) is -3.29. The molecule has 24 heavy (non-hydrogen) atoms. The summed E-state index contributed by atoms with van der Waals surface area (Å²) in [5, 5.41) is 4.41. The molecule has 2 aromatic rings. The van der Waals surface area contributed by atoms with E-state index in [0.717, 1.165) is 5.56 Å². The number of rotatable bonds is 5. The van der Waals surface area contributed by atoms with Gasteiger partial charge >= 0.3 is 12.2 Å². The lowest BCUT2D eigenvalue weighted by Gasteiger charge is -2.22. The Bertz CT molecular complexity index is 674. The molecule has 1 heterocycles. The fourth-order valence-electron chi connectivity index (χ4n) is 2.18. The molecule has 128 valence electrons. The van der Waals surface area contributed by atoms with Gasteiger partial charge in [0.05, 0.1) is 12.2 Å². The molecule has 0 aliphatic rings. The molecule has 0 bridgehead atoms. The molecule has 0 saturated carbocycles. The highest BCUT2D eigenvalue weighted by Crippen LogP contribution is 2.23. The van der Waals surface area contributed by atoms with Gasteiger partial charge in [-0.05, 0) is 24.1 Å². The molecule has 0 unspecified atom stereocenters. The summed E-state index contributed by atoms with van der Waals surface area (Å²) in [5.74, 6) is 0. The molecule has 0 saturated heterocycles. The van der Waals surface area contributed by atoms with E-state index in [-0.39, 0.29) is 13.0 Å². The molecule has 0 aliphatic carbocycles. The van der Waals surface area contributed by atoms with Gasteiger partial charge in [-0.3, -0.25) is 4.98 Å². The summed E-state index contributed by atoms with van der Waals surface area (Å²) in [4.78, 5) is 15.9. The van der Waals surface area contributed by atoms with E-state index >= 15 is 0 Å². The molecular weight excluding hydrogens is 319 g/mol. The van der Waals surface area contributed by atoms with Gasteiger partial charge in [0.25, 0.3) is 0 Å². The number of amides is 2. The molecule has 2 rings (SSSR count). The summed E-state index contributed by atoms with van der Waals surface area (Å²) in [5.41, 5.74) is 1.97. The monoisotopic (exact) mass is 337 g/mol. The number of pyridine rings is 1. The number of hydrogen-bond donors (Lipinski definition) is 2. The number of hydrogen-bond acceptors (Lipinski definition) is 2. The molecule has 2 amide bonds. The zero-order chi connectivity index (χ0) is 17.6. The van der Waals surface area contributed by atoms with Crippen molar-refractivity contribution in [3.05, 3.63) is 65.5 Å². The minimum absolute atomic E-state index is 0.0639. The van der Waals surface area contributed by atoms with Crippen molar-refractivity contribution < 1.29 is 18.0 Å². The average Bonchev–Trinajstić information content (AvgIpc) is 2.53. The van der Waals surface area contributed by atoms with E-state index in [1.165, 1.54) is 0 Å². The Labute approximate surface area is 138 Å². The molecular formula is C17H18F3N3O. The SMILES string of the molecule is Cc1cccnc1CNC(=O)N[C@@H](Cc1ccccc1)C(F)(F)F. The predicted octanol–water partition coefficient (Wildman–Crippen LogP) is 3.36. The van der Waals surface area contributed by atoms with Crippen LogP contribution < -0.4 is 10.6 Å². The second-order valence-corrected chi connectivity index (χ2v) is 5.38. The van der Waals surface area contributed by atoms with Gasteiger partial charge in [0.15, 0.2) is 0 Å². The number of halogens is 3. The van der Waals surface area contributed by atoms with Gasteiger partial charge < -0.3 is 10.6 Å². The standard InChI is InChI=1S/C17H18F3N3O/c1-12-6-5-9-21-14(12)11-22-16(24)23-15(17(18,19)20)10-13-7-3-2-4-8-13/h2-9,15H,10-11H2,1H3,(H2,22,23,24)/t15-/m0/s1. The average molecular weight is 337 g/mol. The van der Waals surface area contributed by atoms with Crippen molar-refractivity contribution in [3.63, 3.8) is 0 Å². The maximum Gasteiger partial charge on any atom is 0.408 e. The van der Waals surface area contributed by atoms with Crippen molar-refractivity contribution in [2.75, 3.05) is 0 Å². The Balaban J connectivity index is 1.96. The number of alkyl halides is 3. The van der Waals surface area contributed by atoms with Crippen LogP contribution in [0, 0.1) is 6.92 Å². The number of carbonyl (C=O) groups is 1. The van der Waals surface area contributed by atoms with Gasteiger partial charge in [0.1, 0.15) is 6.04 Å². The Hall–Kier alpha value is -2.57. The van der Waals surface area contributed by atoms with E-state index in [2.05, 4.69) is 10.3 Å². The van der Waals surface area contributed by atoms with E-state index in [1.807, 2.05) is 18.3 Å². The first-order valence-electron chi connectivity index (χ1n) is 7.42. The normalized spacial score (nSPS) is 12.5. The van der Waals surface area contributed by atoms with Crippen LogP contribution in [0.25, 0.3) is 0 Å². The highest BCUT2D eigenvalue weighted by atomic mass is 19.4. The molecule has 2 N–H and O–H groups in total. The lowest BCUT2D eigenvalue weighted by molar-refractivity contribution is -0.152. The largest absolute Gasteiger partial charge is 0.408 e. The van der Waals surface area contributed by atoms with Crippen LogP contribution in [0.2, 0.25) is 0 Å². The van der Waals surface area contributed by atoms with Crippen LogP contribution in [0.15, 0.2) is 48.7 Å². The Morgan fingerprint density at radius 1 is 1.17 bits per heavy atom. The van der Waals surface area contributed by atoms with Crippen LogP contribution in [0.3, 0.4) is 0 Å². The molecule has 7 heteroatoms. The van der Waals surface area contributed by atoms with Crippen LogP contribution in [0.1, 0.15) is 16.8 Å². The topological polar surface area (TPSA) is 54.0 Å². The molecule has 1 aromatic carbocycles. The zero-order valence-electron chi connectivity index (χ0n) is 13.1. The predicted molar refractivity (Wildman–Crippen MR) is 84.3 cm³/mol. The molecule has 0 fully saturated rings. The number of urea groups is 1. The number of carbonyl (C=O) groups excluding carboxylic acids is 1. The van der Waals surface area contributed by atoms with Crippen molar-refractivity contribution in [2.45, 2.75) is 32.1 Å². The third-order valence-corrected chi connectivity index (χ3v) is 3.52. The molecule has 0 spiro atoms. The first-order valence-corrected chi connectivity index (χ1v) is 7.42. The fraction of sp³-hybridized carbons (Fsp3) is 0.294. The summed E-state index contributed by atoms with van der Waals surface area (Å²) in [7, 11) is 0. The Kier molecular flexibility index (Phi) is 5.78. The molecule has 4 nitrogen and oxygen atoms in total. The number of nitrogens with one attached hydrogen (secondary N) is 2. The van der Waals surface area contributed by atoms with Crippen molar-refractivity contribution in [1.82, 2.24) is 15.6 Å². The van der Waals surface area contributed by atoms with Crippen molar-refractivity contribution >= 4 is 6.03 Å². The Morgan fingerprint density at radius 2 is 1.88 bits per heavy atom. The molecule has 1 atom stereocenters. The van der Waals surface area contributed by atoms with Crippen LogP contribution in [0.4, 0.5) is 18.0 Å². The summed E-state index contributed by atoms with van der Waals surface area (Å²) in [6.45, 7) is 1.88. The van der Waals surface area contributed by atoms with E-state index in [4.69, 9.17) is 0 Å². The third-order valence-electron chi connectivity index (χ3n) is 3.52. The summed E-state index contributed by atoms with van der Waals surface area (Å²) in [6, 6.07) is 8.96. The third kappa shape index (κ3) is 5.26. The Morgan fingerprint density at radius 3 is 2.50 bits per heavy atom. The maximum absolute atomic E-state index is 13.1. The van der Waals surface area contributed by atoms with Crippen LogP contribution in [-0.2, 0) is 13.0 Å². The lowest BCUT2D eigenvalue weighted by atomic mass is 10.1. The highest BCUT2D eigenvalue weighted by Gasteiger charge is 2.40. The number of nitrogens with zero attached hydrogens (tertiary/aromatic N) is 1. The van der Waals surface area contributed by atoms with E-state index in [9.17, 15) is 18.0 Å². The maximum atomic E-state index is 13.1. The first kappa shape index (κ1) is 17.8. The molecule has 0 radical (unpaired) electrons. The van der Waals surface area contributed by atoms with Crippen LogP contribution in [0.5, 0.6) is 0 Å². The van der Waals surface area contributed by atoms with Crippen molar-refractivity contribution in [2.24, 2.45) is 0 Å².